The molecule has 12 aromatic rings. The third kappa shape index (κ3) is 5.04. The molecule has 0 amide bonds. The fourth-order valence-corrected chi connectivity index (χ4v) is 9.79. The molecule has 1 aliphatic heterocycles. The summed E-state index contributed by atoms with van der Waals surface area (Å²) in [5, 5.41) is 4.82. The van der Waals surface area contributed by atoms with E-state index in [2.05, 4.69) is 231 Å². The Labute approximate surface area is 357 Å². The maximum Gasteiger partial charge on any atom is 0.116 e. The van der Waals surface area contributed by atoms with E-state index in [9.17, 15) is 0 Å². The van der Waals surface area contributed by atoms with Gasteiger partial charge in [0.15, 0.2) is 0 Å². The summed E-state index contributed by atoms with van der Waals surface area (Å²) in [6.45, 7) is 0. The molecular weight excluding hydrogens is 757 g/mol. The zero-order valence-electron chi connectivity index (χ0n) is 33.5. The highest BCUT2D eigenvalue weighted by atomic mass is 15.3. The van der Waals surface area contributed by atoms with Crippen molar-refractivity contribution in [1.82, 2.24) is 19.1 Å². The monoisotopic (exact) mass is 792 g/mol. The van der Waals surface area contributed by atoms with Crippen LogP contribution in [0.3, 0.4) is 0 Å². The third-order valence-corrected chi connectivity index (χ3v) is 12.5. The highest BCUT2D eigenvalue weighted by molar-refractivity contribution is 6.12. The Hall–Kier alpha value is -8.48. The maximum atomic E-state index is 5.59. The number of nitrogens with zero attached hydrogens (tertiary/aromatic N) is 6. The normalized spacial score (nSPS) is 12.5. The molecule has 62 heavy (non-hydrogen) atoms. The van der Waals surface area contributed by atoms with Crippen molar-refractivity contribution in [2.75, 3.05) is 9.80 Å². The standard InChI is InChI=1S/C56H36N6/c1-2-16-38(17-3-1)59-49-26-12-14-28-51(49)60(52-29-15-13-27-50(52)59)39-32-30-37(31-33-39)44-36-57-55-53(61-45-22-8-4-18-40(45)41-19-5-9-23-46(41)61)34-35-54(56(55)58-44)62-47-24-10-6-20-42(47)43-21-7-11-25-48(43)62/h1-36H. The predicted octanol–water partition coefficient (Wildman–Crippen LogP) is 14.7. The summed E-state index contributed by atoms with van der Waals surface area (Å²) in [6, 6.07) is 75.6. The van der Waals surface area contributed by atoms with E-state index in [0.717, 1.165) is 89.9 Å². The molecule has 0 N–H and O–H groups in total. The first-order chi connectivity index (χ1) is 30.8. The fourth-order valence-electron chi connectivity index (χ4n) is 9.79. The van der Waals surface area contributed by atoms with Crippen LogP contribution in [-0.2, 0) is 0 Å². The van der Waals surface area contributed by atoms with Crippen molar-refractivity contribution in [2.24, 2.45) is 0 Å². The zero-order valence-corrected chi connectivity index (χ0v) is 33.5. The molecule has 13 rings (SSSR count). The van der Waals surface area contributed by atoms with Crippen molar-refractivity contribution in [3.8, 4) is 22.6 Å². The molecule has 9 aromatic carbocycles. The lowest BCUT2D eigenvalue weighted by atomic mass is 10.0. The van der Waals surface area contributed by atoms with Crippen LogP contribution in [0.25, 0.3) is 77.3 Å². The Bertz CT molecular complexity index is 3560. The van der Waals surface area contributed by atoms with E-state index < -0.39 is 0 Å². The molecule has 6 heteroatoms. The first-order valence-electron chi connectivity index (χ1n) is 21.0. The number of rotatable bonds is 5. The summed E-state index contributed by atoms with van der Waals surface area (Å²) < 4.78 is 4.70. The van der Waals surface area contributed by atoms with Gasteiger partial charge in [-0.05, 0) is 84.9 Å². The van der Waals surface area contributed by atoms with Crippen LogP contribution >= 0.6 is 0 Å². The molecule has 0 bridgehead atoms. The van der Waals surface area contributed by atoms with Gasteiger partial charge in [-0.2, -0.15) is 0 Å². The quantitative estimate of drug-likeness (QED) is 0.174. The van der Waals surface area contributed by atoms with E-state index in [1.807, 2.05) is 6.20 Å². The fraction of sp³-hybridized carbons (Fsp3) is 0. The second kappa shape index (κ2) is 13.5. The Morgan fingerprint density at radius 2 is 0.661 bits per heavy atom. The molecule has 0 aliphatic carbocycles. The summed E-state index contributed by atoms with van der Waals surface area (Å²) in [6.07, 6.45) is 1.94. The highest BCUT2D eigenvalue weighted by Gasteiger charge is 2.30. The van der Waals surface area contributed by atoms with Crippen LogP contribution in [0.2, 0.25) is 0 Å². The Kier molecular flexibility index (Phi) is 7.50. The van der Waals surface area contributed by atoms with Crippen molar-refractivity contribution in [1.29, 1.82) is 0 Å². The van der Waals surface area contributed by atoms with Gasteiger partial charge in [0.2, 0.25) is 0 Å². The highest BCUT2D eigenvalue weighted by Crippen LogP contribution is 2.54. The maximum absolute atomic E-state index is 5.59. The van der Waals surface area contributed by atoms with Crippen LogP contribution in [0.15, 0.2) is 219 Å². The van der Waals surface area contributed by atoms with Gasteiger partial charge in [0.05, 0.1) is 68.1 Å². The van der Waals surface area contributed by atoms with E-state index in [1.165, 1.54) is 21.5 Å². The minimum absolute atomic E-state index is 0.806. The van der Waals surface area contributed by atoms with Gasteiger partial charge in [-0.1, -0.05) is 127 Å². The van der Waals surface area contributed by atoms with E-state index in [-0.39, 0.29) is 0 Å². The summed E-state index contributed by atoms with van der Waals surface area (Å²) in [5.41, 5.74) is 16.6. The minimum Gasteiger partial charge on any atom is -0.307 e. The zero-order chi connectivity index (χ0) is 40.7. The van der Waals surface area contributed by atoms with E-state index in [0.29, 0.717) is 0 Å². The lowest BCUT2D eigenvalue weighted by Gasteiger charge is -2.40. The molecule has 1 aliphatic rings. The van der Waals surface area contributed by atoms with Crippen LogP contribution in [0, 0.1) is 0 Å². The number of hydrogen-bond donors (Lipinski definition) is 0. The first-order valence-corrected chi connectivity index (χ1v) is 21.0. The number of benzene rings is 9. The number of anilines is 6. The predicted molar refractivity (Wildman–Crippen MR) is 257 cm³/mol. The lowest BCUT2D eigenvalue weighted by Crippen LogP contribution is -2.23. The van der Waals surface area contributed by atoms with Crippen LogP contribution < -0.4 is 9.80 Å². The number of aromatic nitrogens is 4. The molecule has 4 heterocycles. The van der Waals surface area contributed by atoms with Crippen LogP contribution in [0.1, 0.15) is 0 Å². The summed E-state index contributed by atoms with van der Waals surface area (Å²) in [5.74, 6) is 0. The average molecular weight is 793 g/mol. The topological polar surface area (TPSA) is 42.1 Å². The second-order valence-corrected chi connectivity index (χ2v) is 15.8. The molecule has 0 radical (unpaired) electrons. The molecule has 0 fully saturated rings. The van der Waals surface area contributed by atoms with Gasteiger partial charge >= 0.3 is 0 Å². The molecule has 6 nitrogen and oxygen atoms in total. The number of para-hydroxylation sites is 9. The molecule has 0 atom stereocenters. The molecule has 290 valence electrons. The van der Waals surface area contributed by atoms with Crippen molar-refractivity contribution in [3.05, 3.63) is 219 Å². The average Bonchev–Trinajstić information content (AvgIpc) is 3.86. The first kappa shape index (κ1) is 34.4. The third-order valence-electron chi connectivity index (χ3n) is 12.5. The Balaban J connectivity index is 1.00. The van der Waals surface area contributed by atoms with E-state index >= 15 is 0 Å². The molecule has 3 aromatic heterocycles. The lowest BCUT2D eigenvalue weighted by molar-refractivity contribution is 1.14. The smallest absolute Gasteiger partial charge is 0.116 e. The van der Waals surface area contributed by atoms with Crippen LogP contribution in [0.4, 0.5) is 34.1 Å². The number of hydrogen-bond acceptors (Lipinski definition) is 4. The SMILES string of the molecule is c1ccc(N2c3ccccc3N(c3ccc(-c4cnc5c(-n6c7ccccc7c7ccccc76)ccc(-n6c7ccccc7c7ccccc76)c5n4)cc3)c3ccccc32)cc1. The van der Waals surface area contributed by atoms with E-state index in [4.69, 9.17) is 9.97 Å². The van der Waals surface area contributed by atoms with Crippen LogP contribution in [-0.4, -0.2) is 19.1 Å². The van der Waals surface area contributed by atoms with Gasteiger partial charge in [0.1, 0.15) is 11.0 Å². The van der Waals surface area contributed by atoms with Gasteiger partial charge in [-0.25, -0.2) is 4.98 Å². The van der Waals surface area contributed by atoms with Gasteiger partial charge in [-0.15, -0.1) is 0 Å². The van der Waals surface area contributed by atoms with Crippen molar-refractivity contribution < 1.29 is 0 Å². The van der Waals surface area contributed by atoms with Gasteiger partial charge in [0.25, 0.3) is 0 Å². The van der Waals surface area contributed by atoms with Crippen molar-refractivity contribution >= 4 is 88.8 Å². The largest absolute Gasteiger partial charge is 0.307 e. The minimum atomic E-state index is 0.806. The molecule has 0 spiro atoms. The summed E-state index contributed by atoms with van der Waals surface area (Å²) in [4.78, 5) is 15.6. The van der Waals surface area contributed by atoms with Gasteiger partial charge in [-0.3, -0.25) is 4.98 Å². The summed E-state index contributed by atoms with van der Waals surface area (Å²) in [7, 11) is 0. The molecule has 0 saturated carbocycles. The molecule has 0 unspecified atom stereocenters. The van der Waals surface area contributed by atoms with Crippen LogP contribution in [0.5, 0.6) is 0 Å². The van der Waals surface area contributed by atoms with Crippen molar-refractivity contribution in [3.63, 3.8) is 0 Å². The molecule has 0 saturated heterocycles. The van der Waals surface area contributed by atoms with Gasteiger partial charge < -0.3 is 18.9 Å². The summed E-state index contributed by atoms with van der Waals surface area (Å²) >= 11 is 0. The van der Waals surface area contributed by atoms with Crippen molar-refractivity contribution in [2.45, 2.75) is 0 Å². The molecular formula is C56H36N6. The second-order valence-electron chi connectivity index (χ2n) is 15.8. The van der Waals surface area contributed by atoms with Gasteiger partial charge in [0, 0.05) is 38.5 Å². The van der Waals surface area contributed by atoms with E-state index in [1.54, 1.807) is 0 Å². The number of fused-ring (bicyclic) bond motifs is 9. The Morgan fingerprint density at radius 1 is 0.290 bits per heavy atom. The Morgan fingerprint density at radius 3 is 1.11 bits per heavy atom.